The first-order valence-corrected chi connectivity index (χ1v) is 24.3. The molecule has 0 saturated heterocycles. The van der Waals surface area contributed by atoms with Gasteiger partial charge in [0.1, 0.15) is 59.1 Å². The number of Topliss-reactive ketones (excluding diaryl/α,β-unsaturated/α-hetero) is 2. The first kappa shape index (κ1) is 45.7. The molecule has 11 rings (SSSR count). The average Bonchev–Trinajstić information content (AvgIpc) is 4.24. The molecule has 0 atom stereocenters. The van der Waals surface area contributed by atoms with Gasteiger partial charge in [-0.15, -0.1) is 45.3 Å². The van der Waals surface area contributed by atoms with E-state index in [0.717, 1.165) is 28.2 Å². The Labute approximate surface area is 418 Å². The van der Waals surface area contributed by atoms with Crippen LogP contribution >= 0.6 is 45.3 Å². The molecule has 3 aliphatic rings. The maximum absolute atomic E-state index is 15.3. The number of hydrogen-bond acceptors (Lipinski definition) is 16. The van der Waals surface area contributed by atoms with Crippen molar-refractivity contribution in [1.82, 2.24) is 0 Å². The van der Waals surface area contributed by atoms with E-state index < -0.39 is 86.0 Å². The maximum atomic E-state index is 15.3. The molecule has 0 unspecified atom stereocenters. The second-order valence-electron chi connectivity index (χ2n) is 16.1. The Morgan fingerprint density at radius 2 is 1.10 bits per heavy atom. The number of carbonyl (C=O) groups is 4. The van der Waals surface area contributed by atoms with Crippen LogP contribution in [0.25, 0.3) is 45.4 Å². The number of hydrogen-bond donors (Lipinski definition) is 1. The zero-order chi connectivity index (χ0) is 50.3. The van der Waals surface area contributed by atoms with Crippen molar-refractivity contribution in [2.75, 3.05) is 0 Å². The van der Waals surface area contributed by atoms with Crippen molar-refractivity contribution in [3.8, 4) is 18.2 Å². The Bertz CT molecular complexity index is 4050. The summed E-state index contributed by atoms with van der Waals surface area (Å²) in [6.45, 7) is -0.675. The summed E-state index contributed by atoms with van der Waals surface area (Å²) in [6, 6.07) is 26.8. The molecule has 4 aromatic heterocycles. The quantitative estimate of drug-likeness (QED) is 0.0659. The summed E-state index contributed by atoms with van der Waals surface area (Å²) in [5, 5.41) is 30.2. The number of fused-ring (bicyclic) bond motifs is 9. The minimum atomic E-state index is -2.61. The number of nitrogens with two attached hydrogens (primary N) is 1. The lowest BCUT2D eigenvalue weighted by Crippen LogP contribution is -2.46. The predicted octanol–water partition coefficient (Wildman–Crippen LogP) is 11.3. The average molecular weight is 1030 g/mol. The molecule has 0 aliphatic heterocycles. The number of nitriles is 3. The fraction of sp³-hybridized carbons (Fsp3) is 0.0577. The monoisotopic (exact) mass is 1030 g/mol. The Kier molecular flexibility index (Phi) is 11.0. The van der Waals surface area contributed by atoms with Gasteiger partial charge >= 0.3 is 11.9 Å². The zero-order valence-corrected chi connectivity index (χ0v) is 39.3. The summed E-state index contributed by atoms with van der Waals surface area (Å²) in [4.78, 5) is 68.1. The molecule has 0 radical (unpaired) electrons. The second kappa shape index (κ2) is 17.3. The summed E-state index contributed by atoms with van der Waals surface area (Å²) in [7, 11) is 0. The highest BCUT2D eigenvalue weighted by Gasteiger charge is 2.60. The molecule has 0 fully saturated rings. The van der Waals surface area contributed by atoms with E-state index in [1.807, 2.05) is 0 Å². The summed E-state index contributed by atoms with van der Waals surface area (Å²) in [5.74, 6) is -9.41. The van der Waals surface area contributed by atoms with Crippen molar-refractivity contribution in [1.29, 1.82) is 15.8 Å². The van der Waals surface area contributed by atoms with Gasteiger partial charge in [0.2, 0.25) is 17.0 Å². The van der Waals surface area contributed by atoms with Crippen LogP contribution in [0.2, 0.25) is 0 Å². The largest absolute Gasteiger partial charge is 0.459 e. The lowest BCUT2D eigenvalue weighted by atomic mass is 9.81. The third-order valence-electron chi connectivity index (χ3n) is 12.0. The highest BCUT2D eigenvalue weighted by atomic mass is 32.1. The molecule has 20 heteroatoms. The van der Waals surface area contributed by atoms with Gasteiger partial charge in [-0.25, -0.2) is 27.5 Å². The van der Waals surface area contributed by atoms with Crippen LogP contribution in [0, 0.1) is 57.3 Å². The molecular weight excluding hydrogens is 1010 g/mol. The van der Waals surface area contributed by atoms with E-state index in [9.17, 15) is 42.9 Å². The van der Waals surface area contributed by atoms with Crippen molar-refractivity contribution in [2.45, 2.75) is 18.6 Å². The van der Waals surface area contributed by atoms with Gasteiger partial charge in [0.25, 0.3) is 0 Å². The van der Waals surface area contributed by atoms with Gasteiger partial charge in [-0.3, -0.25) is 19.2 Å². The van der Waals surface area contributed by atoms with E-state index in [1.165, 1.54) is 40.1 Å². The SMILES string of the molecule is N#CC(C#N)=C1C(=NC2=Cc3sc4c(sc5c6sc(N=C7C(=O)c8cc(F)c(F)cc8/C7=C(\N)C#N)cc6sc45)c3C2(C(=O)OCc2ccccc2)C(=O)OCc2ccccc2)C(=O)c2cc(F)c(F)cc21. The lowest BCUT2D eigenvalue weighted by Gasteiger charge is -2.27. The van der Waals surface area contributed by atoms with Gasteiger partial charge in [-0.2, -0.15) is 15.8 Å². The van der Waals surface area contributed by atoms with Gasteiger partial charge in [0, 0.05) is 48.5 Å². The number of rotatable bonds is 8. The Balaban J connectivity index is 1.11. The van der Waals surface area contributed by atoms with Crippen molar-refractivity contribution < 1.29 is 46.2 Å². The molecule has 12 nitrogen and oxygen atoms in total. The topological polar surface area (TPSA) is 209 Å². The lowest BCUT2D eigenvalue weighted by molar-refractivity contribution is -0.164. The van der Waals surface area contributed by atoms with Crippen LogP contribution in [0.3, 0.4) is 0 Å². The smallest absolute Gasteiger partial charge is 0.334 e. The molecule has 72 heavy (non-hydrogen) atoms. The van der Waals surface area contributed by atoms with Crippen LogP contribution in [0.4, 0.5) is 22.6 Å². The molecule has 0 bridgehead atoms. The number of aliphatic imine (C=N–C) groups is 2. The van der Waals surface area contributed by atoms with Crippen molar-refractivity contribution in [3.63, 3.8) is 0 Å². The van der Waals surface area contributed by atoms with Crippen LogP contribution in [0.15, 0.2) is 118 Å². The summed E-state index contributed by atoms with van der Waals surface area (Å²) in [6.07, 6.45) is 1.41. The number of ether oxygens (including phenoxy) is 2. The van der Waals surface area contributed by atoms with E-state index in [4.69, 9.17) is 15.2 Å². The van der Waals surface area contributed by atoms with Crippen molar-refractivity contribution in [2.24, 2.45) is 15.7 Å². The molecule has 4 heterocycles. The van der Waals surface area contributed by atoms with Crippen LogP contribution in [0.1, 0.15) is 53.4 Å². The normalized spacial score (nSPS) is 16.2. The Morgan fingerprint density at radius 3 is 1.64 bits per heavy atom. The summed E-state index contributed by atoms with van der Waals surface area (Å²) in [5.41, 5.74) is 0.540. The van der Waals surface area contributed by atoms with E-state index in [0.29, 0.717) is 51.6 Å². The van der Waals surface area contributed by atoms with Crippen LogP contribution in [0.5, 0.6) is 0 Å². The predicted molar refractivity (Wildman–Crippen MR) is 263 cm³/mol. The number of thiophene rings is 4. The van der Waals surface area contributed by atoms with Gasteiger partial charge < -0.3 is 15.2 Å². The standard InChI is InChI=1S/C52H22F4N6O6S4/c53-29-11-25-27(13-31(29)55)43(63)41(38(25)24(17-57)18-58)61-36-15-34-40(52(36,50(65)67-20-22-7-3-1-4-8-22)51(66)68-21-23-9-5-2-6-10-23)46-48(69-34)49-47(72-46)45-35(70-49)16-37(71-45)62-42-39(33(60)19-59)26-12-30(54)32(56)14-28(26)44(42)64/h1-16H,20-21,60H2/b39-33+,61-41?,62-42?. The molecule has 2 N–H and O–H groups in total. The minimum absolute atomic E-state index is 0.0802. The molecule has 0 saturated carbocycles. The Hall–Kier alpha value is -8.71. The van der Waals surface area contributed by atoms with Crippen LogP contribution in [-0.4, -0.2) is 34.9 Å². The zero-order valence-electron chi connectivity index (χ0n) is 36.1. The van der Waals surface area contributed by atoms with Gasteiger partial charge in [0.15, 0.2) is 23.3 Å². The van der Waals surface area contributed by atoms with Crippen molar-refractivity contribution >= 4 is 131 Å². The third kappa shape index (κ3) is 6.93. The van der Waals surface area contributed by atoms with E-state index in [-0.39, 0.29) is 51.8 Å². The molecule has 8 aromatic rings. The number of carbonyl (C=O) groups excluding carboxylic acids is 4. The van der Waals surface area contributed by atoms with E-state index >= 15 is 9.59 Å². The number of esters is 2. The number of nitrogens with zero attached hydrogens (tertiary/aromatic N) is 5. The first-order valence-electron chi connectivity index (χ1n) is 21.0. The molecule has 0 spiro atoms. The van der Waals surface area contributed by atoms with Gasteiger partial charge in [0.05, 0.1) is 29.2 Å². The van der Waals surface area contributed by atoms with E-state index in [2.05, 4.69) is 9.98 Å². The highest BCUT2D eigenvalue weighted by molar-refractivity contribution is 7.45. The van der Waals surface area contributed by atoms with Crippen LogP contribution < -0.4 is 5.73 Å². The Morgan fingerprint density at radius 1 is 0.597 bits per heavy atom. The van der Waals surface area contributed by atoms with E-state index in [1.54, 1.807) is 84.9 Å². The van der Waals surface area contributed by atoms with Crippen molar-refractivity contribution in [3.05, 3.63) is 175 Å². The fourth-order valence-electron chi connectivity index (χ4n) is 8.81. The molecule has 3 aliphatic carbocycles. The number of benzene rings is 4. The number of ketones is 2. The van der Waals surface area contributed by atoms with Crippen LogP contribution in [-0.2, 0) is 37.7 Å². The van der Waals surface area contributed by atoms with Gasteiger partial charge in [-0.1, -0.05) is 60.7 Å². The maximum Gasteiger partial charge on any atom is 0.334 e. The number of halogens is 4. The molecule has 0 amide bonds. The summed E-state index contributed by atoms with van der Waals surface area (Å²) < 4.78 is 74.3. The number of allylic oxidation sites excluding steroid dienone is 4. The van der Waals surface area contributed by atoms with Gasteiger partial charge in [-0.05, 0) is 47.5 Å². The third-order valence-corrected chi connectivity index (χ3v) is 17.3. The second-order valence-corrected chi connectivity index (χ2v) is 20.3. The molecule has 348 valence electrons. The fourth-order valence-corrected chi connectivity index (χ4v) is 14.6. The minimum Gasteiger partial charge on any atom is -0.459 e. The first-order chi connectivity index (χ1) is 34.8. The highest BCUT2D eigenvalue weighted by Crippen LogP contribution is 2.59. The molecular formula is C52H22F4N6O6S4. The summed E-state index contributed by atoms with van der Waals surface area (Å²) >= 11 is 4.88. The molecule has 4 aromatic carbocycles.